The Hall–Kier alpha value is -3.58. The van der Waals surface area contributed by atoms with Gasteiger partial charge in [0.25, 0.3) is 5.91 Å². The van der Waals surface area contributed by atoms with Gasteiger partial charge in [0.05, 0.1) is 16.2 Å². The first kappa shape index (κ1) is 20.3. The molecule has 0 radical (unpaired) electrons. The molecule has 4 aromatic carbocycles. The van der Waals surface area contributed by atoms with E-state index in [0.29, 0.717) is 0 Å². The van der Waals surface area contributed by atoms with E-state index in [2.05, 4.69) is 6.07 Å². The zero-order valence-corrected chi connectivity index (χ0v) is 17.3. The van der Waals surface area contributed by atoms with E-state index in [-0.39, 0.29) is 15.8 Å². The number of benzene rings is 4. The van der Waals surface area contributed by atoms with Gasteiger partial charge in [0, 0.05) is 0 Å². The summed E-state index contributed by atoms with van der Waals surface area (Å²) in [4.78, 5) is 14.5. The van der Waals surface area contributed by atoms with E-state index in [4.69, 9.17) is 5.41 Å². The highest BCUT2D eigenvalue weighted by molar-refractivity contribution is 8.19. The van der Waals surface area contributed by atoms with Gasteiger partial charge in [0.1, 0.15) is 0 Å². The van der Waals surface area contributed by atoms with Crippen LogP contribution >= 0.6 is 11.8 Å². The third-order valence-electron chi connectivity index (χ3n) is 5.34. The Kier molecular flexibility index (Phi) is 4.78. The second-order valence-electron chi connectivity index (χ2n) is 7.34. The molecule has 0 spiro atoms. The van der Waals surface area contributed by atoms with E-state index in [0.717, 1.165) is 55.9 Å². The van der Waals surface area contributed by atoms with Crippen LogP contribution in [0, 0.1) is 5.41 Å². The molecule has 1 fully saturated rings. The lowest BCUT2D eigenvalue weighted by Crippen LogP contribution is -2.28. The zero-order valence-electron chi connectivity index (χ0n) is 16.5. The third-order valence-corrected chi connectivity index (χ3v) is 6.23. The van der Waals surface area contributed by atoms with Crippen LogP contribution in [0.4, 0.5) is 18.9 Å². The van der Waals surface area contributed by atoms with Crippen molar-refractivity contribution in [3.63, 3.8) is 0 Å². The van der Waals surface area contributed by atoms with Gasteiger partial charge in [-0.3, -0.25) is 15.1 Å². The van der Waals surface area contributed by atoms with Gasteiger partial charge in [-0.15, -0.1) is 0 Å². The summed E-state index contributed by atoms with van der Waals surface area (Å²) < 4.78 is 39.4. The number of anilines is 1. The first-order valence-corrected chi connectivity index (χ1v) is 10.5. The van der Waals surface area contributed by atoms with Crippen molar-refractivity contribution >= 4 is 56.1 Å². The molecule has 1 saturated heterocycles. The lowest BCUT2D eigenvalue weighted by atomic mass is 9.96. The Balaban J connectivity index is 1.63. The lowest BCUT2D eigenvalue weighted by molar-refractivity contribution is -0.137. The Bertz CT molecular complexity index is 1390. The number of amides is 1. The summed E-state index contributed by atoms with van der Waals surface area (Å²) in [6, 6.07) is 22.2. The van der Waals surface area contributed by atoms with Crippen molar-refractivity contribution in [2.24, 2.45) is 0 Å². The summed E-state index contributed by atoms with van der Waals surface area (Å²) in [7, 11) is 0. The Labute approximate surface area is 185 Å². The second-order valence-corrected chi connectivity index (χ2v) is 8.37. The number of amidine groups is 1. The molecule has 0 aliphatic carbocycles. The van der Waals surface area contributed by atoms with Crippen LogP contribution in [0.2, 0.25) is 0 Å². The van der Waals surface area contributed by atoms with Crippen molar-refractivity contribution in [2.45, 2.75) is 6.18 Å². The molecule has 1 N–H and O–H groups in total. The molecular formula is C25H15F3N2OS. The normalized spacial score (nSPS) is 16.0. The van der Waals surface area contributed by atoms with Crippen LogP contribution in [0.25, 0.3) is 27.6 Å². The van der Waals surface area contributed by atoms with Crippen LogP contribution in [-0.2, 0) is 11.0 Å². The maximum absolute atomic E-state index is 13.2. The van der Waals surface area contributed by atoms with Gasteiger partial charge in [-0.2, -0.15) is 13.2 Å². The van der Waals surface area contributed by atoms with Gasteiger partial charge >= 0.3 is 6.18 Å². The van der Waals surface area contributed by atoms with Crippen molar-refractivity contribution in [1.29, 1.82) is 5.41 Å². The van der Waals surface area contributed by atoms with Crippen LogP contribution in [0.1, 0.15) is 11.1 Å². The molecule has 4 aromatic rings. The first-order chi connectivity index (χ1) is 15.3. The maximum atomic E-state index is 13.2. The van der Waals surface area contributed by atoms with Gasteiger partial charge in [-0.25, -0.2) is 0 Å². The van der Waals surface area contributed by atoms with Crippen LogP contribution in [0.15, 0.2) is 83.8 Å². The molecule has 1 heterocycles. The van der Waals surface area contributed by atoms with E-state index in [1.807, 2.05) is 48.5 Å². The maximum Gasteiger partial charge on any atom is 0.416 e. The quantitative estimate of drug-likeness (QED) is 0.263. The first-order valence-electron chi connectivity index (χ1n) is 9.73. The number of rotatable bonds is 2. The smallest absolute Gasteiger partial charge is 0.278 e. The summed E-state index contributed by atoms with van der Waals surface area (Å²) in [6.45, 7) is 0. The van der Waals surface area contributed by atoms with Crippen molar-refractivity contribution in [3.05, 3.63) is 94.9 Å². The average Bonchev–Trinajstić information content (AvgIpc) is 3.06. The Morgan fingerprint density at radius 2 is 1.47 bits per heavy atom. The van der Waals surface area contributed by atoms with Crippen molar-refractivity contribution in [1.82, 2.24) is 0 Å². The summed E-state index contributed by atoms with van der Waals surface area (Å²) >= 11 is 0.941. The van der Waals surface area contributed by atoms with Gasteiger partial charge in [0.15, 0.2) is 5.17 Å². The molecular weight excluding hydrogens is 433 g/mol. The van der Waals surface area contributed by atoms with Gasteiger partial charge in [0.2, 0.25) is 0 Å². The number of hydrogen-bond donors (Lipinski definition) is 1. The van der Waals surface area contributed by atoms with Gasteiger partial charge in [-0.1, -0.05) is 54.6 Å². The molecule has 1 aliphatic heterocycles. The van der Waals surface area contributed by atoms with Crippen LogP contribution < -0.4 is 4.90 Å². The molecule has 0 aromatic heterocycles. The minimum absolute atomic E-state index is 0.0218. The van der Waals surface area contributed by atoms with Crippen LogP contribution in [0.3, 0.4) is 0 Å². The molecule has 1 aliphatic rings. The fraction of sp³-hybridized carbons (Fsp3) is 0.0400. The predicted molar refractivity (Wildman–Crippen MR) is 124 cm³/mol. The molecule has 7 heteroatoms. The zero-order chi connectivity index (χ0) is 22.5. The Morgan fingerprint density at radius 1 is 0.844 bits per heavy atom. The standard InChI is InChI=1S/C25H15F3N2OS/c26-25(27,28)17-8-5-9-18(13-17)30-23(31)22(32-24(30)29)14-21-19-10-3-1-6-15(19)12-16-7-2-4-11-20(16)21/h1-14,29H/b22-14-,29-24?. The number of nitrogens with one attached hydrogen (secondary N) is 1. The number of hydrogen-bond acceptors (Lipinski definition) is 3. The molecule has 0 unspecified atom stereocenters. The molecule has 0 atom stereocenters. The summed E-state index contributed by atoms with van der Waals surface area (Å²) in [5, 5.41) is 12.1. The van der Waals surface area contributed by atoms with E-state index in [9.17, 15) is 18.0 Å². The summed E-state index contributed by atoms with van der Waals surface area (Å²) in [5.74, 6) is -0.517. The summed E-state index contributed by atoms with van der Waals surface area (Å²) in [6.07, 6.45) is -2.80. The number of nitrogens with zero attached hydrogens (tertiary/aromatic N) is 1. The molecule has 0 bridgehead atoms. The molecule has 1 amide bonds. The minimum atomic E-state index is -4.53. The number of carbonyl (C=O) groups is 1. The topological polar surface area (TPSA) is 44.2 Å². The number of carbonyl (C=O) groups excluding carboxylic acids is 1. The fourth-order valence-corrected chi connectivity index (χ4v) is 4.72. The Morgan fingerprint density at radius 3 is 2.09 bits per heavy atom. The number of alkyl halides is 3. The van der Waals surface area contributed by atoms with Crippen molar-refractivity contribution < 1.29 is 18.0 Å². The highest BCUT2D eigenvalue weighted by Crippen LogP contribution is 2.39. The molecule has 0 saturated carbocycles. The van der Waals surface area contributed by atoms with E-state index in [1.165, 1.54) is 12.1 Å². The van der Waals surface area contributed by atoms with Crippen molar-refractivity contribution in [3.8, 4) is 0 Å². The van der Waals surface area contributed by atoms with Gasteiger partial charge in [-0.05, 0) is 69.2 Å². The lowest BCUT2D eigenvalue weighted by Gasteiger charge is -2.16. The molecule has 32 heavy (non-hydrogen) atoms. The fourth-order valence-electron chi connectivity index (χ4n) is 3.88. The minimum Gasteiger partial charge on any atom is -0.278 e. The number of thioether (sulfide) groups is 1. The summed E-state index contributed by atoms with van der Waals surface area (Å²) in [5.41, 5.74) is -0.000165. The average molecular weight is 448 g/mol. The van der Waals surface area contributed by atoms with E-state index >= 15 is 0 Å². The number of halogens is 3. The molecule has 158 valence electrons. The second kappa shape index (κ2) is 7.53. The monoisotopic (exact) mass is 448 g/mol. The van der Waals surface area contributed by atoms with E-state index < -0.39 is 17.6 Å². The predicted octanol–water partition coefficient (Wildman–Crippen LogP) is 7.07. The highest BCUT2D eigenvalue weighted by atomic mass is 32.2. The molecule has 5 rings (SSSR count). The largest absolute Gasteiger partial charge is 0.416 e. The van der Waals surface area contributed by atoms with E-state index in [1.54, 1.807) is 6.08 Å². The molecule has 3 nitrogen and oxygen atoms in total. The van der Waals surface area contributed by atoms with Crippen LogP contribution in [-0.4, -0.2) is 11.1 Å². The number of fused-ring (bicyclic) bond motifs is 2. The van der Waals surface area contributed by atoms with Crippen LogP contribution in [0.5, 0.6) is 0 Å². The van der Waals surface area contributed by atoms with Gasteiger partial charge < -0.3 is 0 Å². The third kappa shape index (κ3) is 3.44. The highest BCUT2D eigenvalue weighted by Gasteiger charge is 2.36. The van der Waals surface area contributed by atoms with Crippen molar-refractivity contribution in [2.75, 3.05) is 4.90 Å². The SMILES string of the molecule is N=C1S/C(=C\c2c3ccccc3cc3ccccc23)C(=O)N1c1cccc(C(F)(F)F)c1.